The topological polar surface area (TPSA) is 33.1 Å². The smallest absolute Gasteiger partial charge is 0.0959 e. The Morgan fingerprint density at radius 3 is 2.62 bits per heavy atom. The number of hydrogen-bond donors (Lipinski definition) is 1. The van der Waals surface area contributed by atoms with E-state index < -0.39 is 0 Å². The molecular weight excluding hydrogens is 182 g/mol. The quantitative estimate of drug-likeness (QED) is 0.750. The van der Waals surface area contributed by atoms with Gasteiger partial charge in [-0.1, -0.05) is 0 Å². The van der Waals surface area contributed by atoms with Crippen molar-refractivity contribution < 1.29 is 5.11 Å². The van der Waals surface area contributed by atoms with Crippen LogP contribution in [0, 0.1) is 6.92 Å². The molecular formula is C10H15NOS. The Morgan fingerprint density at radius 2 is 2.08 bits per heavy atom. The second kappa shape index (κ2) is 3.76. The summed E-state index contributed by atoms with van der Waals surface area (Å²) in [7, 11) is 0. The molecule has 1 aromatic heterocycles. The fourth-order valence-electron chi connectivity index (χ4n) is 1.88. The monoisotopic (exact) mass is 197 g/mol. The first-order valence-electron chi connectivity index (χ1n) is 4.86. The molecule has 3 heteroatoms. The number of aliphatic hydroxyl groups excluding tert-OH is 1. The van der Waals surface area contributed by atoms with Crippen molar-refractivity contribution in [2.75, 3.05) is 0 Å². The van der Waals surface area contributed by atoms with Gasteiger partial charge in [0.25, 0.3) is 0 Å². The number of aromatic nitrogens is 1. The minimum absolute atomic E-state index is 0.0580. The lowest BCUT2D eigenvalue weighted by molar-refractivity contribution is 0.122. The van der Waals surface area contributed by atoms with Crippen molar-refractivity contribution in [3.63, 3.8) is 0 Å². The Balaban J connectivity index is 2.02. The van der Waals surface area contributed by atoms with Crippen molar-refractivity contribution in [3.05, 3.63) is 16.1 Å². The van der Waals surface area contributed by atoms with Gasteiger partial charge in [-0.25, -0.2) is 4.98 Å². The molecule has 2 rings (SSSR count). The zero-order chi connectivity index (χ0) is 9.26. The van der Waals surface area contributed by atoms with E-state index in [1.807, 2.05) is 6.92 Å². The van der Waals surface area contributed by atoms with Crippen LogP contribution in [0.2, 0.25) is 0 Å². The molecule has 0 aromatic carbocycles. The van der Waals surface area contributed by atoms with E-state index in [1.54, 1.807) is 11.3 Å². The SMILES string of the molecule is Cc1csc(C2CCC(O)CC2)n1. The van der Waals surface area contributed by atoms with E-state index in [9.17, 15) is 5.11 Å². The van der Waals surface area contributed by atoms with Crippen LogP contribution in [-0.2, 0) is 0 Å². The molecule has 0 bridgehead atoms. The molecule has 2 nitrogen and oxygen atoms in total. The first kappa shape index (κ1) is 9.16. The van der Waals surface area contributed by atoms with Gasteiger partial charge in [0.15, 0.2) is 0 Å². The van der Waals surface area contributed by atoms with E-state index in [0.29, 0.717) is 5.92 Å². The van der Waals surface area contributed by atoms with Crippen molar-refractivity contribution in [1.29, 1.82) is 0 Å². The van der Waals surface area contributed by atoms with E-state index >= 15 is 0 Å². The molecule has 0 amide bonds. The highest BCUT2D eigenvalue weighted by atomic mass is 32.1. The first-order valence-corrected chi connectivity index (χ1v) is 5.74. The Hall–Kier alpha value is -0.410. The molecule has 1 aliphatic carbocycles. The van der Waals surface area contributed by atoms with Crippen LogP contribution >= 0.6 is 11.3 Å². The van der Waals surface area contributed by atoms with Gasteiger partial charge in [0.2, 0.25) is 0 Å². The third-order valence-corrected chi connectivity index (χ3v) is 3.81. The molecule has 1 saturated carbocycles. The highest BCUT2D eigenvalue weighted by Gasteiger charge is 2.22. The lowest BCUT2D eigenvalue weighted by Crippen LogP contribution is -2.16. The largest absolute Gasteiger partial charge is 0.393 e. The van der Waals surface area contributed by atoms with Crippen LogP contribution in [0.25, 0.3) is 0 Å². The molecule has 0 atom stereocenters. The van der Waals surface area contributed by atoms with Crippen LogP contribution < -0.4 is 0 Å². The average molecular weight is 197 g/mol. The van der Waals surface area contributed by atoms with Gasteiger partial charge in [-0.15, -0.1) is 11.3 Å². The molecule has 0 radical (unpaired) electrons. The Kier molecular flexibility index (Phi) is 2.65. The highest BCUT2D eigenvalue weighted by Crippen LogP contribution is 2.34. The standard InChI is InChI=1S/C10H15NOS/c1-7-6-13-10(11-7)8-2-4-9(12)5-3-8/h6,8-9,12H,2-5H2,1H3. The van der Waals surface area contributed by atoms with Gasteiger partial charge in [-0.3, -0.25) is 0 Å². The molecule has 0 aliphatic heterocycles. The third kappa shape index (κ3) is 2.09. The van der Waals surface area contributed by atoms with Crippen molar-refractivity contribution in [2.45, 2.75) is 44.6 Å². The van der Waals surface area contributed by atoms with Crippen LogP contribution in [0.5, 0.6) is 0 Å². The van der Waals surface area contributed by atoms with Crippen LogP contribution in [0.3, 0.4) is 0 Å². The molecule has 1 aromatic rings. The zero-order valence-corrected chi connectivity index (χ0v) is 8.68. The molecule has 0 saturated heterocycles. The van der Waals surface area contributed by atoms with Gasteiger partial charge >= 0.3 is 0 Å². The maximum absolute atomic E-state index is 9.36. The summed E-state index contributed by atoms with van der Waals surface area (Å²) in [5.41, 5.74) is 1.13. The number of rotatable bonds is 1. The number of nitrogens with zero attached hydrogens (tertiary/aromatic N) is 1. The predicted octanol–water partition coefficient (Wildman–Crippen LogP) is 2.47. The molecule has 0 unspecified atom stereocenters. The van der Waals surface area contributed by atoms with E-state index in [1.165, 1.54) is 5.01 Å². The van der Waals surface area contributed by atoms with Gasteiger partial charge in [0.1, 0.15) is 0 Å². The third-order valence-electron chi connectivity index (χ3n) is 2.68. The van der Waals surface area contributed by atoms with Crippen molar-refractivity contribution in [2.24, 2.45) is 0 Å². The van der Waals surface area contributed by atoms with Crippen molar-refractivity contribution >= 4 is 11.3 Å². The summed E-state index contributed by atoms with van der Waals surface area (Å²) in [6.45, 7) is 2.04. The minimum Gasteiger partial charge on any atom is -0.393 e. The Labute approximate surface area is 82.6 Å². The van der Waals surface area contributed by atoms with Gasteiger partial charge in [-0.2, -0.15) is 0 Å². The van der Waals surface area contributed by atoms with Gasteiger partial charge in [0.05, 0.1) is 11.1 Å². The zero-order valence-electron chi connectivity index (χ0n) is 7.86. The van der Waals surface area contributed by atoms with Gasteiger partial charge < -0.3 is 5.11 Å². The summed E-state index contributed by atoms with van der Waals surface area (Å²) in [5.74, 6) is 0.613. The van der Waals surface area contributed by atoms with Crippen molar-refractivity contribution in [3.8, 4) is 0 Å². The van der Waals surface area contributed by atoms with Crippen molar-refractivity contribution in [1.82, 2.24) is 4.98 Å². The second-order valence-electron chi connectivity index (χ2n) is 3.83. The normalized spacial score (nSPS) is 29.1. The van der Waals surface area contributed by atoms with Crippen LogP contribution in [0.15, 0.2) is 5.38 Å². The molecule has 1 aliphatic rings. The van der Waals surface area contributed by atoms with Gasteiger partial charge in [0, 0.05) is 17.0 Å². The number of hydrogen-bond acceptors (Lipinski definition) is 3. The van der Waals surface area contributed by atoms with E-state index in [4.69, 9.17) is 0 Å². The Bertz CT molecular complexity index is 276. The fourth-order valence-corrected chi connectivity index (χ4v) is 2.85. The molecule has 0 spiro atoms. The minimum atomic E-state index is -0.0580. The van der Waals surface area contributed by atoms with Crippen LogP contribution in [-0.4, -0.2) is 16.2 Å². The number of aliphatic hydroxyl groups is 1. The maximum Gasteiger partial charge on any atom is 0.0959 e. The van der Waals surface area contributed by atoms with Crippen LogP contribution in [0.4, 0.5) is 0 Å². The molecule has 13 heavy (non-hydrogen) atoms. The summed E-state index contributed by atoms with van der Waals surface area (Å²) in [5, 5.41) is 12.7. The molecule has 1 N–H and O–H groups in total. The fraction of sp³-hybridized carbons (Fsp3) is 0.700. The average Bonchev–Trinajstić information content (AvgIpc) is 2.53. The summed E-state index contributed by atoms with van der Waals surface area (Å²) in [6, 6.07) is 0. The van der Waals surface area contributed by atoms with E-state index in [2.05, 4.69) is 10.4 Å². The lowest BCUT2D eigenvalue weighted by atomic mass is 9.88. The molecule has 1 heterocycles. The van der Waals surface area contributed by atoms with E-state index in [-0.39, 0.29) is 6.10 Å². The number of aryl methyl sites for hydroxylation is 1. The lowest BCUT2D eigenvalue weighted by Gasteiger charge is -2.23. The molecule has 1 fully saturated rings. The molecule has 72 valence electrons. The first-order chi connectivity index (χ1) is 6.25. The maximum atomic E-state index is 9.36. The van der Waals surface area contributed by atoms with E-state index in [0.717, 1.165) is 31.4 Å². The summed E-state index contributed by atoms with van der Waals surface area (Å²) in [4.78, 5) is 4.50. The highest BCUT2D eigenvalue weighted by molar-refractivity contribution is 7.09. The Morgan fingerprint density at radius 1 is 1.38 bits per heavy atom. The van der Waals surface area contributed by atoms with Gasteiger partial charge in [-0.05, 0) is 32.6 Å². The predicted molar refractivity (Wildman–Crippen MR) is 54.1 cm³/mol. The summed E-state index contributed by atoms with van der Waals surface area (Å²) < 4.78 is 0. The second-order valence-corrected chi connectivity index (χ2v) is 4.72. The summed E-state index contributed by atoms with van der Waals surface area (Å²) in [6.07, 6.45) is 4.05. The number of thiazole rings is 1. The van der Waals surface area contributed by atoms with Crippen LogP contribution in [0.1, 0.15) is 42.3 Å². The summed E-state index contributed by atoms with van der Waals surface area (Å²) >= 11 is 1.76.